The van der Waals surface area contributed by atoms with Crippen LogP contribution in [-0.4, -0.2) is 36.1 Å². The predicted octanol–water partition coefficient (Wildman–Crippen LogP) is 2.99. The first-order chi connectivity index (χ1) is 9.83. The molecule has 0 aliphatic heterocycles. The highest BCUT2D eigenvalue weighted by Crippen LogP contribution is 2.24. The summed E-state index contributed by atoms with van der Waals surface area (Å²) in [5, 5.41) is 6.79. The first-order valence-corrected chi connectivity index (χ1v) is 8.11. The lowest BCUT2D eigenvalue weighted by atomic mass is 10.2. The molecule has 4 heteroatoms. The molecule has 3 rings (SSSR count). The van der Waals surface area contributed by atoms with E-state index in [2.05, 4.69) is 51.9 Å². The van der Waals surface area contributed by atoms with Crippen LogP contribution in [-0.2, 0) is 6.54 Å². The Morgan fingerprint density at radius 3 is 2.85 bits per heavy atom. The van der Waals surface area contributed by atoms with Crippen LogP contribution in [0.1, 0.15) is 17.8 Å². The second-order valence-corrected chi connectivity index (χ2v) is 6.32. The number of hydrogen-bond acceptors (Lipinski definition) is 4. The van der Waals surface area contributed by atoms with Crippen LogP contribution >= 0.6 is 11.3 Å². The maximum absolute atomic E-state index is 4.69. The molecule has 0 spiro atoms. The van der Waals surface area contributed by atoms with Gasteiger partial charge in [0.15, 0.2) is 0 Å². The molecule has 1 saturated carbocycles. The van der Waals surface area contributed by atoms with Gasteiger partial charge in [0.25, 0.3) is 0 Å². The average molecular weight is 287 g/mol. The summed E-state index contributed by atoms with van der Waals surface area (Å²) in [5.41, 5.74) is 2.28. The quantitative estimate of drug-likeness (QED) is 0.794. The molecule has 3 nitrogen and oxygen atoms in total. The van der Waals surface area contributed by atoms with Crippen LogP contribution in [0, 0.1) is 0 Å². The number of aromatic nitrogens is 1. The second kappa shape index (κ2) is 6.48. The maximum Gasteiger partial charge on any atom is 0.107 e. The number of benzene rings is 1. The SMILES string of the molecule is CN(CCNCc1nc(-c2ccccc2)cs1)C1CC1. The van der Waals surface area contributed by atoms with E-state index in [1.165, 1.54) is 18.4 Å². The highest BCUT2D eigenvalue weighted by Gasteiger charge is 2.25. The molecule has 1 aromatic carbocycles. The molecule has 1 aromatic heterocycles. The van der Waals surface area contributed by atoms with E-state index in [9.17, 15) is 0 Å². The second-order valence-electron chi connectivity index (χ2n) is 5.38. The Balaban J connectivity index is 1.45. The smallest absolute Gasteiger partial charge is 0.107 e. The molecule has 1 heterocycles. The normalized spacial score (nSPS) is 14.9. The highest BCUT2D eigenvalue weighted by molar-refractivity contribution is 7.09. The van der Waals surface area contributed by atoms with Crippen molar-refractivity contribution in [2.24, 2.45) is 0 Å². The average Bonchev–Trinajstić information content (AvgIpc) is 3.23. The highest BCUT2D eigenvalue weighted by atomic mass is 32.1. The Labute approximate surface area is 124 Å². The van der Waals surface area contributed by atoms with Gasteiger partial charge in [-0.3, -0.25) is 0 Å². The largest absolute Gasteiger partial charge is 0.309 e. The third-order valence-electron chi connectivity index (χ3n) is 3.71. The van der Waals surface area contributed by atoms with Gasteiger partial charge in [-0.15, -0.1) is 11.3 Å². The standard InChI is InChI=1S/C16H21N3S/c1-19(14-7-8-14)10-9-17-11-16-18-15(12-20-16)13-5-3-2-4-6-13/h2-6,12,14,17H,7-11H2,1H3. The molecule has 0 saturated heterocycles. The van der Waals surface area contributed by atoms with Crippen LogP contribution in [0.5, 0.6) is 0 Å². The van der Waals surface area contributed by atoms with E-state index in [0.717, 1.165) is 36.4 Å². The lowest BCUT2D eigenvalue weighted by Crippen LogP contribution is -2.30. The summed E-state index contributed by atoms with van der Waals surface area (Å²) >= 11 is 1.73. The minimum Gasteiger partial charge on any atom is -0.309 e. The number of rotatable bonds is 7. The lowest BCUT2D eigenvalue weighted by molar-refractivity contribution is 0.321. The fraction of sp³-hybridized carbons (Fsp3) is 0.438. The zero-order valence-corrected chi connectivity index (χ0v) is 12.7. The van der Waals surface area contributed by atoms with Crippen LogP contribution in [0.4, 0.5) is 0 Å². The molecule has 2 aromatic rings. The van der Waals surface area contributed by atoms with Gasteiger partial charge in [0, 0.05) is 36.6 Å². The van der Waals surface area contributed by atoms with Crippen LogP contribution in [0.25, 0.3) is 11.3 Å². The molecule has 1 N–H and O–H groups in total. The van der Waals surface area contributed by atoms with Gasteiger partial charge >= 0.3 is 0 Å². The Hall–Kier alpha value is -1.23. The van der Waals surface area contributed by atoms with Gasteiger partial charge in [-0.25, -0.2) is 4.98 Å². The van der Waals surface area contributed by atoms with Crippen molar-refractivity contribution in [2.75, 3.05) is 20.1 Å². The molecular weight excluding hydrogens is 266 g/mol. The van der Waals surface area contributed by atoms with E-state index in [0.29, 0.717) is 0 Å². The van der Waals surface area contributed by atoms with Crippen LogP contribution < -0.4 is 5.32 Å². The number of nitrogens with one attached hydrogen (secondary N) is 1. The predicted molar refractivity (Wildman–Crippen MR) is 84.9 cm³/mol. The van der Waals surface area contributed by atoms with Gasteiger partial charge in [-0.05, 0) is 19.9 Å². The third-order valence-corrected chi connectivity index (χ3v) is 4.56. The van der Waals surface area contributed by atoms with Crippen molar-refractivity contribution < 1.29 is 0 Å². The molecule has 0 amide bonds. The number of hydrogen-bond donors (Lipinski definition) is 1. The molecule has 1 aliphatic carbocycles. The molecule has 1 aliphatic rings. The van der Waals surface area contributed by atoms with E-state index in [4.69, 9.17) is 0 Å². The topological polar surface area (TPSA) is 28.2 Å². The van der Waals surface area contributed by atoms with Crippen molar-refractivity contribution in [2.45, 2.75) is 25.4 Å². The molecule has 0 bridgehead atoms. The molecule has 0 unspecified atom stereocenters. The molecule has 0 radical (unpaired) electrons. The first-order valence-electron chi connectivity index (χ1n) is 7.24. The van der Waals surface area contributed by atoms with Gasteiger partial charge in [0.2, 0.25) is 0 Å². The summed E-state index contributed by atoms with van der Waals surface area (Å²) in [7, 11) is 2.22. The van der Waals surface area contributed by atoms with Gasteiger partial charge in [-0.1, -0.05) is 30.3 Å². The fourth-order valence-electron chi connectivity index (χ4n) is 2.28. The van der Waals surface area contributed by atoms with Gasteiger partial charge in [-0.2, -0.15) is 0 Å². The Morgan fingerprint density at radius 2 is 2.10 bits per heavy atom. The van der Waals surface area contributed by atoms with E-state index in [1.54, 1.807) is 11.3 Å². The minimum atomic E-state index is 0.848. The van der Waals surface area contributed by atoms with E-state index in [-0.39, 0.29) is 0 Å². The number of likely N-dealkylation sites (N-methyl/N-ethyl adjacent to an activating group) is 1. The summed E-state index contributed by atoms with van der Waals surface area (Å²) in [6.45, 7) is 3.03. The zero-order chi connectivity index (χ0) is 13.8. The molecule has 106 valence electrons. The summed E-state index contributed by atoms with van der Waals surface area (Å²) in [6, 6.07) is 11.2. The molecule has 1 fully saturated rings. The van der Waals surface area contributed by atoms with E-state index in [1.807, 2.05) is 6.07 Å². The van der Waals surface area contributed by atoms with Gasteiger partial charge in [0.05, 0.1) is 5.69 Å². The van der Waals surface area contributed by atoms with Crippen LogP contribution in [0.3, 0.4) is 0 Å². The van der Waals surface area contributed by atoms with E-state index < -0.39 is 0 Å². The number of nitrogens with zero attached hydrogens (tertiary/aromatic N) is 2. The lowest BCUT2D eigenvalue weighted by Gasteiger charge is -2.15. The molecule has 0 atom stereocenters. The number of thiazole rings is 1. The van der Waals surface area contributed by atoms with Crippen molar-refractivity contribution in [1.29, 1.82) is 0 Å². The van der Waals surface area contributed by atoms with E-state index >= 15 is 0 Å². The van der Waals surface area contributed by atoms with Crippen molar-refractivity contribution in [1.82, 2.24) is 15.2 Å². The maximum atomic E-state index is 4.69. The van der Waals surface area contributed by atoms with Crippen molar-refractivity contribution in [3.05, 3.63) is 40.7 Å². The fourth-order valence-corrected chi connectivity index (χ4v) is 3.06. The third kappa shape index (κ3) is 3.66. The van der Waals surface area contributed by atoms with Crippen molar-refractivity contribution in [3.8, 4) is 11.3 Å². The molecule has 20 heavy (non-hydrogen) atoms. The Bertz CT molecular complexity index is 534. The van der Waals surface area contributed by atoms with Crippen LogP contribution in [0.2, 0.25) is 0 Å². The van der Waals surface area contributed by atoms with Gasteiger partial charge < -0.3 is 10.2 Å². The van der Waals surface area contributed by atoms with Gasteiger partial charge in [0.1, 0.15) is 5.01 Å². The summed E-state index contributed by atoms with van der Waals surface area (Å²) < 4.78 is 0. The zero-order valence-electron chi connectivity index (χ0n) is 11.9. The Kier molecular flexibility index (Phi) is 4.45. The summed E-state index contributed by atoms with van der Waals surface area (Å²) in [5.74, 6) is 0. The Morgan fingerprint density at radius 1 is 1.30 bits per heavy atom. The van der Waals surface area contributed by atoms with Crippen LogP contribution in [0.15, 0.2) is 35.7 Å². The first kappa shape index (κ1) is 13.7. The summed E-state index contributed by atoms with van der Waals surface area (Å²) in [6.07, 6.45) is 2.76. The van der Waals surface area contributed by atoms with Crippen molar-refractivity contribution in [3.63, 3.8) is 0 Å². The summed E-state index contributed by atoms with van der Waals surface area (Å²) in [4.78, 5) is 7.14. The monoisotopic (exact) mass is 287 g/mol. The van der Waals surface area contributed by atoms with Crippen molar-refractivity contribution >= 4 is 11.3 Å². The molecular formula is C16H21N3S. The minimum absolute atomic E-state index is 0.848.